The van der Waals surface area contributed by atoms with Gasteiger partial charge in [0.2, 0.25) is 11.2 Å². The molecular formula is C7H4ClF3N4O. The van der Waals surface area contributed by atoms with Gasteiger partial charge in [0.05, 0.1) is 6.20 Å². The van der Waals surface area contributed by atoms with Gasteiger partial charge < -0.3 is 4.74 Å². The zero-order valence-electron chi connectivity index (χ0n) is 7.55. The molecule has 0 bridgehead atoms. The van der Waals surface area contributed by atoms with Crippen molar-refractivity contribution in [2.45, 2.75) is 6.18 Å². The van der Waals surface area contributed by atoms with E-state index in [-0.39, 0.29) is 22.2 Å². The van der Waals surface area contributed by atoms with Crippen LogP contribution in [0.3, 0.4) is 0 Å². The van der Waals surface area contributed by atoms with Gasteiger partial charge in [-0.25, -0.2) is 0 Å². The molecule has 5 nitrogen and oxygen atoms in total. The highest BCUT2D eigenvalue weighted by Gasteiger charge is 2.29. The molecule has 0 saturated carbocycles. The number of ether oxygens (including phenoxy) is 1. The van der Waals surface area contributed by atoms with Crippen LogP contribution in [0, 0.1) is 0 Å². The van der Waals surface area contributed by atoms with Crippen molar-refractivity contribution in [2.75, 3.05) is 6.61 Å². The van der Waals surface area contributed by atoms with Gasteiger partial charge in [-0.2, -0.15) is 28.2 Å². The van der Waals surface area contributed by atoms with Crippen molar-refractivity contribution in [3.8, 4) is 5.88 Å². The number of nitrogens with zero attached hydrogens (tertiary/aromatic N) is 3. The van der Waals surface area contributed by atoms with E-state index in [4.69, 9.17) is 11.6 Å². The highest BCUT2D eigenvalue weighted by atomic mass is 35.5. The molecule has 0 radical (unpaired) electrons. The molecule has 16 heavy (non-hydrogen) atoms. The summed E-state index contributed by atoms with van der Waals surface area (Å²) in [6.07, 6.45) is -3.18. The fraction of sp³-hybridized carbons (Fsp3) is 0.286. The maximum Gasteiger partial charge on any atom is 0.422 e. The molecule has 0 saturated heterocycles. The van der Waals surface area contributed by atoms with Crippen molar-refractivity contribution >= 4 is 22.6 Å². The van der Waals surface area contributed by atoms with Gasteiger partial charge in [0.15, 0.2) is 12.3 Å². The summed E-state index contributed by atoms with van der Waals surface area (Å²) in [4.78, 5) is 7.26. The summed E-state index contributed by atoms with van der Waals surface area (Å²) in [5.74, 6) is -0.249. The Morgan fingerprint density at radius 1 is 1.38 bits per heavy atom. The fourth-order valence-electron chi connectivity index (χ4n) is 1.04. The molecule has 1 N–H and O–H groups in total. The molecule has 9 heteroatoms. The van der Waals surface area contributed by atoms with Crippen LogP contribution in [-0.2, 0) is 0 Å². The molecule has 2 aromatic rings. The smallest absolute Gasteiger partial charge is 0.422 e. The van der Waals surface area contributed by atoms with Crippen LogP contribution in [0.2, 0.25) is 5.28 Å². The molecule has 0 atom stereocenters. The average molecular weight is 253 g/mol. The molecule has 0 aliphatic rings. The summed E-state index contributed by atoms with van der Waals surface area (Å²) >= 11 is 5.50. The number of H-pyrrole nitrogens is 1. The number of nitrogens with one attached hydrogen (secondary N) is 1. The molecule has 0 aliphatic heterocycles. The summed E-state index contributed by atoms with van der Waals surface area (Å²) in [5, 5.41) is 6.08. The van der Waals surface area contributed by atoms with Gasteiger partial charge in [-0.05, 0) is 11.6 Å². The van der Waals surface area contributed by atoms with Crippen LogP contribution in [-0.4, -0.2) is 32.9 Å². The number of hydrogen-bond acceptors (Lipinski definition) is 4. The monoisotopic (exact) mass is 252 g/mol. The van der Waals surface area contributed by atoms with Gasteiger partial charge in [-0.15, -0.1) is 0 Å². The number of aromatic amines is 1. The van der Waals surface area contributed by atoms with E-state index in [0.717, 1.165) is 0 Å². The van der Waals surface area contributed by atoms with Crippen LogP contribution in [0.1, 0.15) is 0 Å². The van der Waals surface area contributed by atoms with Gasteiger partial charge in [0.25, 0.3) is 0 Å². The molecule has 2 rings (SSSR count). The van der Waals surface area contributed by atoms with Gasteiger partial charge in [-0.3, -0.25) is 5.10 Å². The Hall–Kier alpha value is -1.57. The highest BCUT2D eigenvalue weighted by molar-refractivity contribution is 6.28. The summed E-state index contributed by atoms with van der Waals surface area (Å²) < 4.78 is 40.3. The highest BCUT2D eigenvalue weighted by Crippen LogP contribution is 2.24. The van der Waals surface area contributed by atoms with E-state index in [1.807, 2.05) is 0 Å². The second-order valence-corrected chi connectivity index (χ2v) is 3.17. The van der Waals surface area contributed by atoms with Crippen LogP contribution >= 0.6 is 11.6 Å². The standard InChI is InChI=1S/C7H4ClF3N4O/c8-6-13-4-3(1-12-15-4)5(14-6)16-2-7(9,10)11/h1H,2H2,(H,12,13,14,15). The molecule has 0 fully saturated rings. The molecule has 2 aromatic heterocycles. The fourth-order valence-corrected chi connectivity index (χ4v) is 1.20. The van der Waals surface area contributed by atoms with E-state index in [1.54, 1.807) is 0 Å². The van der Waals surface area contributed by atoms with E-state index in [1.165, 1.54) is 6.20 Å². The molecule has 0 spiro atoms. The zero-order valence-corrected chi connectivity index (χ0v) is 8.30. The number of rotatable bonds is 2. The molecule has 0 aromatic carbocycles. The van der Waals surface area contributed by atoms with E-state index in [2.05, 4.69) is 24.9 Å². The Balaban J connectivity index is 2.32. The first-order valence-corrected chi connectivity index (χ1v) is 4.40. The number of fused-ring (bicyclic) bond motifs is 1. The summed E-state index contributed by atoms with van der Waals surface area (Å²) in [6.45, 7) is -1.44. The van der Waals surface area contributed by atoms with Crippen molar-refractivity contribution in [1.29, 1.82) is 0 Å². The Kier molecular flexibility index (Phi) is 2.58. The van der Waals surface area contributed by atoms with Gasteiger partial charge in [0.1, 0.15) is 5.39 Å². The Bertz CT molecular complexity index is 512. The molecule has 2 heterocycles. The topological polar surface area (TPSA) is 63.7 Å². The van der Waals surface area contributed by atoms with Crippen molar-refractivity contribution in [3.63, 3.8) is 0 Å². The quantitative estimate of drug-likeness (QED) is 0.830. The van der Waals surface area contributed by atoms with Crippen molar-refractivity contribution in [3.05, 3.63) is 11.5 Å². The third-order valence-electron chi connectivity index (χ3n) is 1.62. The Morgan fingerprint density at radius 2 is 2.12 bits per heavy atom. The van der Waals surface area contributed by atoms with Crippen LogP contribution in [0.25, 0.3) is 11.0 Å². The minimum Gasteiger partial charge on any atom is -0.467 e. The second-order valence-electron chi connectivity index (χ2n) is 2.83. The van der Waals surface area contributed by atoms with E-state index in [9.17, 15) is 13.2 Å². The van der Waals surface area contributed by atoms with Crippen LogP contribution < -0.4 is 4.74 Å². The summed E-state index contributed by atoms with van der Waals surface area (Å²) in [5.41, 5.74) is 0.220. The molecular weight excluding hydrogens is 249 g/mol. The lowest BCUT2D eigenvalue weighted by Crippen LogP contribution is -2.19. The van der Waals surface area contributed by atoms with Crippen LogP contribution in [0.15, 0.2) is 6.20 Å². The van der Waals surface area contributed by atoms with E-state index >= 15 is 0 Å². The third kappa shape index (κ3) is 2.32. The first-order chi connectivity index (χ1) is 7.46. The number of halogens is 4. The molecule has 0 unspecified atom stereocenters. The van der Waals surface area contributed by atoms with Crippen LogP contribution in [0.5, 0.6) is 5.88 Å². The predicted octanol–water partition coefficient (Wildman–Crippen LogP) is 1.95. The van der Waals surface area contributed by atoms with Gasteiger partial charge >= 0.3 is 6.18 Å². The van der Waals surface area contributed by atoms with Gasteiger partial charge in [0, 0.05) is 0 Å². The van der Waals surface area contributed by atoms with Crippen LogP contribution in [0.4, 0.5) is 13.2 Å². The number of hydrogen-bond donors (Lipinski definition) is 1. The maximum absolute atomic E-state index is 11.9. The average Bonchev–Trinajstić information content (AvgIpc) is 2.60. The summed E-state index contributed by atoms with van der Waals surface area (Å²) in [7, 11) is 0. The van der Waals surface area contributed by atoms with Crippen molar-refractivity contribution in [2.24, 2.45) is 0 Å². The predicted molar refractivity (Wildman–Crippen MR) is 48.2 cm³/mol. The lowest BCUT2D eigenvalue weighted by atomic mass is 10.4. The Labute approximate surface area is 91.6 Å². The number of aromatic nitrogens is 4. The lowest BCUT2D eigenvalue weighted by molar-refractivity contribution is -0.153. The third-order valence-corrected chi connectivity index (χ3v) is 1.79. The largest absolute Gasteiger partial charge is 0.467 e. The SMILES string of the molecule is FC(F)(F)COc1nc(Cl)nc2[nH]ncc12. The van der Waals surface area contributed by atoms with Crippen molar-refractivity contribution < 1.29 is 17.9 Å². The minimum absolute atomic E-state index is 0.214. The van der Waals surface area contributed by atoms with Crippen molar-refractivity contribution in [1.82, 2.24) is 20.2 Å². The normalized spacial score (nSPS) is 12.0. The second kappa shape index (κ2) is 3.78. The first kappa shape index (κ1) is 10.9. The molecule has 0 aliphatic carbocycles. The van der Waals surface area contributed by atoms with Gasteiger partial charge in [-0.1, -0.05) is 0 Å². The Morgan fingerprint density at radius 3 is 2.81 bits per heavy atom. The number of alkyl halides is 3. The maximum atomic E-state index is 11.9. The minimum atomic E-state index is -4.44. The van der Waals surface area contributed by atoms with E-state index in [0.29, 0.717) is 0 Å². The molecule has 0 amide bonds. The first-order valence-electron chi connectivity index (χ1n) is 4.02. The zero-order chi connectivity index (χ0) is 11.8. The summed E-state index contributed by atoms with van der Waals surface area (Å²) in [6, 6.07) is 0. The lowest BCUT2D eigenvalue weighted by Gasteiger charge is -2.08. The molecule has 86 valence electrons. The van der Waals surface area contributed by atoms with E-state index < -0.39 is 12.8 Å².